The topological polar surface area (TPSA) is 107 Å². The van der Waals surface area contributed by atoms with Gasteiger partial charge in [-0.2, -0.15) is 4.31 Å². The highest BCUT2D eigenvalue weighted by Crippen LogP contribution is 2.36. The van der Waals surface area contributed by atoms with Crippen molar-refractivity contribution in [1.82, 2.24) is 9.29 Å². The lowest BCUT2D eigenvalue weighted by molar-refractivity contribution is -0.120. The van der Waals surface area contributed by atoms with Crippen molar-refractivity contribution in [3.63, 3.8) is 0 Å². The van der Waals surface area contributed by atoms with E-state index in [-0.39, 0.29) is 17.3 Å². The van der Waals surface area contributed by atoms with E-state index in [0.717, 1.165) is 4.70 Å². The van der Waals surface area contributed by atoms with Gasteiger partial charge in [-0.1, -0.05) is 11.3 Å². The maximum absolute atomic E-state index is 13.1. The number of piperidine rings is 1. The number of carbonyl (C=O) groups excluding carboxylic acids is 1. The number of benzene rings is 2. The van der Waals surface area contributed by atoms with Crippen molar-refractivity contribution in [3.05, 3.63) is 36.4 Å². The van der Waals surface area contributed by atoms with E-state index in [1.165, 1.54) is 34.9 Å². The molecule has 33 heavy (non-hydrogen) atoms. The number of methoxy groups -OCH3 is 3. The molecular formula is C22H25N3O6S2. The summed E-state index contributed by atoms with van der Waals surface area (Å²) in [5.41, 5.74) is 0.681. The van der Waals surface area contributed by atoms with E-state index in [4.69, 9.17) is 14.2 Å². The molecule has 9 nitrogen and oxygen atoms in total. The Morgan fingerprint density at radius 3 is 2.45 bits per heavy atom. The van der Waals surface area contributed by atoms with Crippen LogP contribution in [0.25, 0.3) is 10.2 Å². The molecule has 2 heterocycles. The Kier molecular flexibility index (Phi) is 6.73. The first kappa shape index (κ1) is 23.3. The highest BCUT2D eigenvalue weighted by atomic mass is 32.2. The first-order chi connectivity index (χ1) is 15.8. The standard InChI is InChI=1S/C22H25N3O6S2/c1-29-15-6-8-16(9-7-15)33(27,28)25-10-4-5-14(13-25)21(26)24-22-23-17-11-18(30-2)19(31-3)12-20(17)32-22/h6-9,11-12,14H,4-5,10,13H2,1-3H3,(H,23,24,26). The number of rotatable bonds is 7. The second-order valence-corrected chi connectivity index (χ2v) is 10.5. The highest BCUT2D eigenvalue weighted by molar-refractivity contribution is 7.89. The zero-order valence-electron chi connectivity index (χ0n) is 18.5. The average molecular weight is 492 g/mol. The van der Waals surface area contributed by atoms with Crippen LogP contribution in [0.2, 0.25) is 0 Å². The minimum absolute atomic E-state index is 0.118. The van der Waals surface area contributed by atoms with Gasteiger partial charge in [-0.05, 0) is 37.1 Å². The van der Waals surface area contributed by atoms with Gasteiger partial charge >= 0.3 is 0 Å². The maximum atomic E-state index is 13.1. The first-order valence-corrected chi connectivity index (χ1v) is 12.6. The van der Waals surface area contributed by atoms with Crippen LogP contribution in [0.15, 0.2) is 41.3 Å². The molecule has 1 N–H and O–H groups in total. The Hall–Kier alpha value is -2.89. The van der Waals surface area contributed by atoms with Crippen LogP contribution < -0.4 is 19.5 Å². The molecule has 1 amide bonds. The zero-order valence-corrected chi connectivity index (χ0v) is 20.2. The van der Waals surface area contributed by atoms with E-state index in [1.807, 2.05) is 6.07 Å². The molecule has 0 radical (unpaired) electrons. The van der Waals surface area contributed by atoms with Crippen LogP contribution in [0.4, 0.5) is 5.13 Å². The van der Waals surface area contributed by atoms with Crippen LogP contribution in [-0.4, -0.2) is 58.0 Å². The van der Waals surface area contributed by atoms with E-state index in [9.17, 15) is 13.2 Å². The molecule has 1 aliphatic heterocycles. The van der Waals surface area contributed by atoms with Gasteiger partial charge in [0.05, 0.1) is 42.4 Å². The molecule has 1 atom stereocenters. The molecule has 1 aromatic heterocycles. The van der Waals surface area contributed by atoms with Crippen LogP contribution in [0.5, 0.6) is 17.2 Å². The SMILES string of the molecule is COc1ccc(S(=O)(=O)N2CCCC(C(=O)Nc3nc4cc(OC)c(OC)cc4s3)C2)cc1. The summed E-state index contributed by atoms with van der Waals surface area (Å²) in [6, 6.07) is 9.81. The third-order valence-electron chi connectivity index (χ3n) is 5.58. The van der Waals surface area contributed by atoms with Gasteiger partial charge in [-0.25, -0.2) is 13.4 Å². The summed E-state index contributed by atoms with van der Waals surface area (Å²) < 4.78 is 44.1. The van der Waals surface area contributed by atoms with E-state index >= 15 is 0 Å². The number of carbonyl (C=O) groups is 1. The summed E-state index contributed by atoms with van der Waals surface area (Å²) in [4.78, 5) is 17.6. The Balaban J connectivity index is 1.48. The van der Waals surface area contributed by atoms with E-state index < -0.39 is 15.9 Å². The number of nitrogens with zero attached hydrogens (tertiary/aromatic N) is 2. The van der Waals surface area contributed by atoms with Gasteiger partial charge in [0.25, 0.3) is 0 Å². The fourth-order valence-electron chi connectivity index (χ4n) is 3.79. The molecule has 1 aliphatic rings. The van der Waals surface area contributed by atoms with Crippen LogP contribution in [0.1, 0.15) is 12.8 Å². The Morgan fingerprint density at radius 2 is 1.79 bits per heavy atom. The van der Waals surface area contributed by atoms with Crippen molar-refractivity contribution >= 4 is 42.6 Å². The molecule has 11 heteroatoms. The number of anilines is 1. The summed E-state index contributed by atoms with van der Waals surface area (Å²) in [6.45, 7) is 0.492. The fourth-order valence-corrected chi connectivity index (χ4v) is 6.19. The molecule has 176 valence electrons. The van der Waals surface area contributed by atoms with Crippen molar-refractivity contribution in [1.29, 1.82) is 0 Å². The second-order valence-electron chi connectivity index (χ2n) is 7.56. The molecule has 1 unspecified atom stereocenters. The number of amides is 1. The first-order valence-electron chi connectivity index (χ1n) is 10.3. The third kappa shape index (κ3) is 4.75. The summed E-state index contributed by atoms with van der Waals surface area (Å²) in [7, 11) is 0.925. The van der Waals surface area contributed by atoms with Crippen LogP contribution in [0, 0.1) is 5.92 Å². The minimum Gasteiger partial charge on any atom is -0.497 e. The summed E-state index contributed by atoms with van der Waals surface area (Å²) in [5, 5.41) is 3.30. The largest absolute Gasteiger partial charge is 0.497 e. The molecule has 0 saturated carbocycles. The van der Waals surface area contributed by atoms with Gasteiger partial charge in [0.2, 0.25) is 15.9 Å². The number of sulfonamides is 1. The number of hydrogen-bond donors (Lipinski definition) is 1. The zero-order chi connectivity index (χ0) is 23.6. The number of thiazole rings is 1. The molecule has 0 bridgehead atoms. The van der Waals surface area contributed by atoms with E-state index in [0.29, 0.717) is 47.3 Å². The van der Waals surface area contributed by atoms with Crippen LogP contribution in [0.3, 0.4) is 0 Å². The second kappa shape index (κ2) is 9.54. The number of fused-ring (bicyclic) bond motifs is 1. The highest BCUT2D eigenvalue weighted by Gasteiger charge is 2.33. The van der Waals surface area contributed by atoms with Crippen molar-refractivity contribution in [2.45, 2.75) is 17.7 Å². The number of ether oxygens (including phenoxy) is 3. The van der Waals surface area contributed by atoms with Crippen LogP contribution in [-0.2, 0) is 14.8 Å². The molecule has 0 aliphatic carbocycles. The van der Waals surface area contributed by atoms with Gasteiger partial charge < -0.3 is 19.5 Å². The third-order valence-corrected chi connectivity index (χ3v) is 8.39. The minimum atomic E-state index is -3.71. The van der Waals surface area contributed by atoms with Crippen molar-refractivity contribution in [3.8, 4) is 17.2 Å². The van der Waals surface area contributed by atoms with E-state index in [2.05, 4.69) is 10.3 Å². The van der Waals surface area contributed by atoms with Crippen molar-refractivity contribution in [2.24, 2.45) is 5.92 Å². The lowest BCUT2D eigenvalue weighted by atomic mass is 9.99. The Labute approximate surface area is 196 Å². The number of hydrogen-bond acceptors (Lipinski definition) is 8. The molecule has 4 rings (SSSR count). The fraction of sp³-hybridized carbons (Fsp3) is 0.364. The normalized spacial score (nSPS) is 17.0. The lowest BCUT2D eigenvalue weighted by Crippen LogP contribution is -2.43. The number of nitrogens with one attached hydrogen (secondary N) is 1. The number of aromatic nitrogens is 1. The molecule has 0 spiro atoms. The summed E-state index contributed by atoms with van der Waals surface area (Å²) >= 11 is 1.32. The maximum Gasteiger partial charge on any atom is 0.243 e. The van der Waals surface area contributed by atoms with E-state index in [1.54, 1.807) is 32.4 Å². The molecule has 2 aromatic carbocycles. The lowest BCUT2D eigenvalue weighted by Gasteiger charge is -2.31. The molecular weight excluding hydrogens is 466 g/mol. The van der Waals surface area contributed by atoms with Crippen molar-refractivity contribution in [2.75, 3.05) is 39.7 Å². The van der Waals surface area contributed by atoms with Crippen LogP contribution >= 0.6 is 11.3 Å². The Bertz CT molecular complexity index is 1220. The molecule has 3 aromatic rings. The monoisotopic (exact) mass is 491 g/mol. The summed E-state index contributed by atoms with van der Waals surface area (Å²) in [5.74, 6) is 0.999. The quantitative estimate of drug-likeness (QED) is 0.540. The van der Waals surface area contributed by atoms with Gasteiger partial charge in [-0.15, -0.1) is 0 Å². The molecule has 1 fully saturated rings. The Morgan fingerprint density at radius 1 is 1.09 bits per heavy atom. The predicted octanol–water partition coefficient (Wildman–Crippen LogP) is 3.36. The smallest absolute Gasteiger partial charge is 0.243 e. The summed E-state index contributed by atoms with van der Waals surface area (Å²) in [6.07, 6.45) is 1.20. The van der Waals surface area contributed by atoms with Gasteiger partial charge in [0.15, 0.2) is 16.6 Å². The van der Waals surface area contributed by atoms with Crippen molar-refractivity contribution < 1.29 is 27.4 Å². The van der Waals surface area contributed by atoms with Gasteiger partial charge in [0, 0.05) is 25.2 Å². The predicted molar refractivity (Wildman–Crippen MR) is 126 cm³/mol. The average Bonchev–Trinajstić information content (AvgIpc) is 3.24. The van der Waals surface area contributed by atoms with Gasteiger partial charge in [-0.3, -0.25) is 4.79 Å². The molecule has 1 saturated heterocycles. The van der Waals surface area contributed by atoms with Gasteiger partial charge in [0.1, 0.15) is 5.75 Å².